The molecule has 7 nitrogen and oxygen atoms in total. The summed E-state index contributed by atoms with van der Waals surface area (Å²) < 4.78 is 26.2. The minimum atomic E-state index is -3.74. The predicted molar refractivity (Wildman–Crippen MR) is 134 cm³/mol. The Bertz CT molecular complexity index is 1190. The molecule has 1 N–H and O–H groups in total. The van der Waals surface area contributed by atoms with Gasteiger partial charge >= 0.3 is 0 Å². The molecule has 178 valence electrons. The normalized spacial score (nSPS) is 11.9. The van der Waals surface area contributed by atoms with Gasteiger partial charge in [-0.2, -0.15) is 0 Å². The lowest BCUT2D eigenvalue weighted by Crippen LogP contribution is -2.52. The molecule has 3 aromatic carbocycles. The molecule has 0 fully saturated rings. The van der Waals surface area contributed by atoms with Crippen LogP contribution < -0.4 is 9.62 Å². The van der Waals surface area contributed by atoms with Crippen LogP contribution in [0.3, 0.4) is 0 Å². The summed E-state index contributed by atoms with van der Waals surface area (Å²) in [6.07, 6.45) is 1.36. The van der Waals surface area contributed by atoms with Crippen molar-refractivity contribution in [2.24, 2.45) is 0 Å². The highest BCUT2D eigenvalue weighted by atomic mass is 32.2. The smallest absolute Gasteiger partial charge is 0.244 e. The average molecular weight is 480 g/mol. The molecule has 0 aliphatic heterocycles. The fraction of sp³-hybridized carbons (Fsp3) is 0.231. The number of likely N-dealkylation sites (N-methyl/N-ethyl adjacent to an activating group) is 1. The number of sulfonamides is 1. The summed E-state index contributed by atoms with van der Waals surface area (Å²) in [5.41, 5.74) is 2.12. The van der Waals surface area contributed by atoms with E-state index in [0.717, 1.165) is 21.7 Å². The zero-order valence-corrected chi connectivity index (χ0v) is 20.1. The Hall–Kier alpha value is -3.65. The molecular formula is C26H29N3O4S. The molecule has 0 aliphatic carbocycles. The van der Waals surface area contributed by atoms with Crippen molar-refractivity contribution >= 4 is 27.5 Å². The van der Waals surface area contributed by atoms with Crippen molar-refractivity contribution < 1.29 is 18.0 Å². The summed E-state index contributed by atoms with van der Waals surface area (Å²) in [5, 5.41) is 2.66. The van der Waals surface area contributed by atoms with Gasteiger partial charge in [-0.05, 0) is 23.3 Å². The van der Waals surface area contributed by atoms with Gasteiger partial charge in [0.1, 0.15) is 12.6 Å². The van der Waals surface area contributed by atoms with E-state index in [1.165, 1.54) is 11.9 Å². The van der Waals surface area contributed by atoms with Gasteiger partial charge in [-0.25, -0.2) is 8.42 Å². The third-order valence-corrected chi connectivity index (χ3v) is 6.58. The van der Waals surface area contributed by atoms with Crippen molar-refractivity contribution in [1.29, 1.82) is 0 Å². The van der Waals surface area contributed by atoms with Crippen LogP contribution in [-0.2, 0) is 32.6 Å². The van der Waals surface area contributed by atoms with Crippen LogP contribution in [0.25, 0.3) is 0 Å². The Kier molecular flexibility index (Phi) is 8.43. The molecule has 1 atom stereocenters. The molecule has 0 saturated heterocycles. The van der Waals surface area contributed by atoms with Crippen LogP contribution in [0.5, 0.6) is 0 Å². The Labute approximate surface area is 201 Å². The molecule has 3 rings (SSSR count). The van der Waals surface area contributed by atoms with Gasteiger partial charge in [0, 0.05) is 20.0 Å². The minimum Gasteiger partial charge on any atom is -0.357 e. The number of rotatable bonds is 10. The van der Waals surface area contributed by atoms with Crippen molar-refractivity contribution in [3.63, 3.8) is 0 Å². The maximum absolute atomic E-state index is 13.7. The standard InChI is InChI=1S/C26H29N3O4S/c1-27-26(31)24(18-21-12-6-3-7-13-21)28(19-22-14-8-4-9-15-22)25(30)20-29(34(2,32)33)23-16-10-5-11-17-23/h3-17,24H,18-20H2,1-2H3,(H,27,31)/t24-/m1/s1. The van der Waals surface area contributed by atoms with Crippen LogP contribution in [0.1, 0.15) is 11.1 Å². The Morgan fingerprint density at radius 2 is 1.32 bits per heavy atom. The van der Waals surface area contributed by atoms with Crippen LogP contribution in [0.2, 0.25) is 0 Å². The van der Waals surface area contributed by atoms with Gasteiger partial charge in [0.25, 0.3) is 0 Å². The van der Waals surface area contributed by atoms with E-state index in [1.807, 2.05) is 60.7 Å². The van der Waals surface area contributed by atoms with Crippen molar-refractivity contribution in [3.8, 4) is 0 Å². The predicted octanol–water partition coefficient (Wildman–Crippen LogP) is 2.84. The van der Waals surface area contributed by atoms with Crippen molar-refractivity contribution in [2.75, 3.05) is 24.2 Å². The van der Waals surface area contributed by atoms with Gasteiger partial charge in [0.15, 0.2) is 0 Å². The minimum absolute atomic E-state index is 0.164. The van der Waals surface area contributed by atoms with Crippen molar-refractivity contribution in [1.82, 2.24) is 10.2 Å². The van der Waals surface area contributed by atoms with E-state index in [1.54, 1.807) is 30.3 Å². The van der Waals surface area contributed by atoms with Crippen molar-refractivity contribution in [3.05, 3.63) is 102 Å². The highest BCUT2D eigenvalue weighted by Gasteiger charge is 2.32. The maximum Gasteiger partial charge on any atom is 0.244 e. The monoisotopic (exact) mass is 479 g/mol. The Balaban J connectivity index is 1.99. The molecule has 0 heterocycles. The number of hydrogen-bond acceptors (Lipinski definition) is 4. The quantitative estimate of drug-likeness (QED) is 0.485. The van der Waals surface area contributed by atoms with Crippen LogP contribution in [0.15, 0.2) is 91.0 Å². The van der Waals surface area contributed by atoms with Gasteiger partial charge in [-0.3, -0.25) is 13.9 Å². The lowest BCUT2D eigenvalue weighted by Gasteiger charge is -2.33. The number of nitrogens with one attached hydrogen (secondary N) is 1. The first-order valence-corrected chi connectivity index (χ1v) is 12.8. The molecular weight excluding hydrogens is 450 g/mol. The lowest BCUT2D eigenvalue weighted by atomic mass is 10.0. The number of carbonyl (C=O) groups is 2. The third kappa shape index (κ3) is 6.68. The summed E-state index contributed by atoms with van der Waals surface area (Å²) in [5.74, 6) is -0.790. The zero-order chi connectivity index (χ0) is 24.6. The molecule has 2 amide bonds. The highest BCUT2D eigenvalue weighted by Crippen LogP contribution is 2.20. The first kappa shape index (κ1) is 25.0. The molecule has 3 aromatic rings. The number of anilines is 1. The second kappa shape index (κ2) is 11.5. The first-order valence-electron chi connectivity index (χ1n) is 10.9. The van der Waals surface area contributed by atoms with Gasteiger partial charge in [0.05, 0.1) is 11.9 Å². The van der Waals surface area contributed by atoms with Crippen LogP contribution >= 0.6 is 0 Å². The number of nitrogens with zero attached hydrogens (tertiary/aromatic N) is 2. The number of hydrogen-bond donors (Lipinski definition) is 1. The van der Waals surface area contributed by atoms with E-state index in [2.05, 4.69) is 5.32 Å². The summed E-state index contributed by atoms with van der Waals surface area (Å²) in [6, 6.07) is 26.4. The molecule has 34 heavy (non-hydrogen) atoms. The Morgan fingerprint density at radius 3 is 1.82 bits per heavy atom. The van der Waals surface area contributed by atoms with Gasteiger partial charge in [0.2, 0.25) is 21.8 Å². The number of carbonyl (C=O) groups excluding carboxylic acids is 2. The zero-order valence-electron chi connectivity index (χ0n) is 19.3. The topological polar surface area (TPSA) is 86.8 Å². The van der Waals surface area contributed by atoms with E-state index in [0.29, 0.717) is 12.1 Å². The van der Waals surface area contributed by atoms with Gasteiger partial charge < -0.3 is 10.2 Å². The van der Waals surface area contributed by atoms with Gasteiger partial charge in [-0.1, -0.05) is 78.9 Å². The third-order valence-electron chi connectivity index (χ3n) is 5.44. The summed E-state index contributed by atoms with van der Waals surface area (Å²) in [7, 11) is -2.22. The summed E-state index contributed by atoms with van der Waals surface area (Å²) in [6.45, 7) is -0.255. The molecule has 0 spiro atoms. The first-order chi connectivity index (χ1) is 16.3. The fourth-order valence-electron chi connectivity index (χ4n) is 3.71. The Morgan fingerprint density at radius 1 is 0.824 bits per heavy atom. The molecule has 0 bridgehead atoms. The highest BCUT2D eigenvalue weighted by molar-refractivity contribution is 7.92. The number of amides is 2. The van der Waals surface area contributed by atoms with Crippen LogP contribution in [-0.4, -0.2) is 51.0 Å². The van der Waals surface area contributed by atoms with Crippen LogP contribution in [0.4, 0.5) is 5.69 Å². The van der Waals surface area contributed by atoms with E-state index in [4.69, 9.17) is 0 Å². The van der Waals surface area contributed by atoms with E-state index < -0.39 is 28.5 Å². The SMILES string of the molecule is CNC(=O)[C@@H](Cc1ccccc1)N(Cc1ccccc1)C(=O)CN(c1ccccc1)S(C)(=O)=O. The van der Waals surface area contributed by atoms with E-state index in [9.17, 15) is 18.0 Å². The van der Waals surface area contributed by atoms with E-state index >= 15 is 0 Å². The second-order valence-electron chi connectivity index (χ2n) is 7.93. The molecule has 0 radical (unpaired) electrons. The number of para-hydroxylation sites is 1. The lowest BCUT2D eigenvalue weighted by molar-refractivity contribution is -0.139. The largest absolute Gasteiger partial charge is 0.357 e. The molecule has 8 heteroatoms. The molecule has 0 unspecified atom stereocenters. The molecule has 0 aliphatic rings. The molecule has 0 saturated carbocycles. The molecule has 0 aromatic heterocycles. The fourth-order valence-corrected chi connectivity index (χ4v) is 4.56. The van der Waals surface area contributed by atoms with Crippen LogP contribution in [0, 0.1) is 0 Å². The van der Waals surface area contributed by atoms with E-state index in [-0.39, 0.29) is 12.5 Å². The summed E-state index contributed by atoms with van der Waals surface area (Å²) >= 11 is 0. The maximum atomic E-state index is 13.7. The second-order valence-corrected chi connectivity index (χ2v) is 9.84. The number of benzene rings is 3. The van der Waals surface area contributed by atoms with Crippen molar-refractivity contribution in [2.45, 2.75) is 19.0 Å². The average Bonchev–Trinajstić information content (AvgIpc) is 2.85. The van der Waals surface area contributed by atoms with Gasteiger partial charge in [-0.15, -0.1) is 0 Å². The summed E-state index contributed by atoms with van der Waals surface area (Å²) in [4.78, 5) is 28.1.